The Hall–Kier alpha value is -1.36. The average Bonchev–Trinajstić information content (AvgIpc) is 2.76. The third kappa shape index (κ3) is 2.90. The largest absolute Gasteiger partial charge is 0.481 e. The van der Waals surface area contributed by atoms with E-state index in [0.717, 1.165) is 24.8 Å². The van der Waals surface area contributed by atoms with Gasteiger partial charge in [0.25, 0.3) is 5.91 Å². The number of aliphatic carboxylic acids is 1. The Morgan fingerprint density at radius 2 is 2.17 bits per heavy atom. The van der Waals surface area contributed by atoms with Crippen molar-refractivity contribution in [3.8, 4) is 0 Å². The lowest BCUT2D eigenvalue weighted by molar-refractivity contribution is -0.143. The molecule has 1 aliphatic rings. The maximum Gasteiger partial charge on any atom is 0.306 e. The Morgan fingerprint density at radius 3 is 2.78 bits per heavy atom. The Balaban J connectivity index is 1.95. The predicted molar refractivity (Wildman–Crippen MR) is 69.9 cm³/mol. The van der Waals surface area contributed by atoms with Crippen LogP contribution in [-0.2, 0) is 4.79 Å². The number of rotatable bonds is 3. The van der Waals surface area contributed by atoms with Crippen LogP contribution in [0, 0.1) is 12.8 Å². The first-order valence-electron chi connectivity index (χ1n) is 6.14. The highest BCUT2D eigenvalue weighted by Gasteiger charge is 2.28. The van der Waals surface area contributed by atoms with Gasteiger partial charge in [-0.15, -0.1) is 0 Å². The molecule has 2 atom stereocenters. The minimum Gasteiger partial charge on any atom is -0.481 e. The van der Waals surface area contributed by atoms with Gasteiger partial charge in [0, 0.05) is 11.4 Å². The second kappa shape index (κ2) is 5.52. The molecule has 0 bridgehead atoms. The first kappa shape index (κ1) is 13.1. The zero-order chi connectivity index (χ0) is 13.1. The molecular weight excluding hydrogens is 250 g/mol. The second-order valence-electron chi connectivity index (χ2n) is 4.84. The molecular formula is C13H17NO3S. The van der Waals surface area contributed by atoms with Crippen LogP contribution in [0.2, 0.25) is 0 Å². The zero-order valence-electron chi connectivity index (χ0n) is 10.3. The predicted octanol–water partition coefficient (Wildman–Crippen LogP) is 2.43. The Morgan fingerprint density at radius 1 is 1.39 bits per heavy atom. The van der Waals surface area contributed by atoms with Gasteiger partial charge in [0.15, 0.2) is 0 Å². The lowest BCUT2D eigenvalue weighted by atomic mass is 9.85. The lowest BCUT2D eigenvalue weighted by Crippen LogP contribution is -2.40. The number of thiophene rings is 1. The van der Waals surface area contributed by atoms with Crippen molar-refractivity contribution >= 4 is 23.2 Å². The highest BCUT2D eigenvalue weighted by atomic mass is 32.1. The van der Waals surface area contributed by atoms with Crippen LogP contribution in [0.5, 0.6) is 0 Å². The van der Waals surface area contributed by atoms with E-state index in [4.69, 9.17) is 5.11 Å². The number of carboxylic acids is 1. The molecule has 5 heteroatoms. The van der Waals surface area contributed by atoms with Crippen LogP contribution in [0.25, 0.3) is 0 Å². The van der Waals surface area contributed by atoms with Crippen LogP contribution < -0.4 is 5.32 Å². The summed E-state index contributed by atoms with van der Waals surface area (Å²) in [6, 6.07) is -0.00773. The summed E-state index contributed by atoms with van der Waals surface area (Å²) in [5, 5.41) is 15.7. The van der Waals surface area contributed by atoms with Gasteiger partial charge in [-0.1, -0.05) is 6.42 Å². The van der Waals surface area contributed by atoms with E-state index in [-0.39, 0.29) is 17.9 Å². The summed E-state index contributed by atoms with van der Waals surface area (Å²) < 4.78 is 0. The van der Waals surface area contributed by atoms with Crippen LogP contribution in [-0.4, -0.2) is 23.0 Å². The molecule has 18 heavy (non-hydrogen) atoms. The maximum absolute atomic E-state index is 12.0. The SMILES string of the molecule is Cc1cscc1C(=O)NC1CCCC(C(=O)O)C1. The molecule has 0 aliphatic heterocycles. The number of aryl methyl sites for hydroxylation is 1. The fourth-order valence-corrected chi connectivity index (χ4v) is 3.23. The number of hydrogen-bond acceptors (Lipinski definition) is 3. The summed E-state index contributed by atoms with van der Waals surface area (Å²) in [6.45, 7) is 1.91. The van der Waals surface area contributed by atoms with Crippen LogP contribution in [0.4, 0.5) is 0 Å². The number of amides is 1. The molecule has 1 saturated carbocycles. The van der Waals surface area contributed by atoms with Crippen molar-refractivity contribution in [3.05, 3.63) is 21.9 Å². The van der Waals surface area contributed by atoms with Gasteiger partial charge in [0.2, 0.25) is 0 Å². The van der Waals surface area contributed by atoms with E-state index in [9.17, 15) is 9.59 Å². The first-order chi connectivity index (χ1) is 8.58. The van der Waals surface area contributed by atoms with Gasteiger partial charge in [0.1, 0.15) is 0 Å². The summed E-state index contributed by atoms with van der Waals surface area (Å²) in [7, 11) is 0. The average molecular weight is 267 g/mol. The molecule has 1 heterocycles. The number of carbonyl (C=O) groups is 2. The molecule has 0 saturated heterocycles. The summed E-state index contributed by atoms with van der Waals surface area (Å²) in [4.78, 5) is 23.0. The smallest absolute Gasteiger partial charge is 0.306 e. The summed E-state index contributed by atoms with van der Waals surface area (Å²) in [6.07, 6.45) is 3.01. The van der Waals surface area contributed by atoms with E-state index in [1.54, 1.807) is 0 Å². The summed E-state index contributed by atoms with van der Waals surface area (Å²) >= 11 is 1.51. The molecule has 98 valence electrons. The third-order valence-corrected chi connectivity index (χ3v) is 4.32. The van der Waals surface area contributed by atoms with Gasteiger partial charge in [-0.2, -0.15) is 11.3 Å². The molecule has 2 unspecified atom stereocenters. The van der Waals surface area contributed by atoms with Crippen molar-refractivity contribution in [3.63, 3.8) is 0 Å². The van der Waals surface area contributed by atoms with Crippen molar-refractivity contribution < 1.29 is 14.7 Å². The number of nitrogens with one attached hydrogen (secondary N) is 1. The Kier molecular flexibility index (Phi) is 4.01. The Bertz CT molecular complexity index is 455. The minimum absolute atomic E-state index is 0.00773. The number of hydrogen-bond donors (Lipinski definition) is 2. The third-order valence-electron chi connectivity index (χ3n) is 3.46. The fourth-order valence-electron chi connectivity index (χ4n) is 2.40. The van der Waals surface area contributed by atoms with Gasteiger partial charge in [-0.25, -0.2) is 0 Å². The molecule has 1 aromatic rings. The van der Waals surface area contributed by atoms with Gasteiger partial charge < -0.3 is 10.4 Å². The van der Waals surface area contributed by atoms with E-state index in [1.807, 2.05) is 17.7 Å². The normalized spacial score (nSPS) is 23.6. The molecule has 1 fully saturated rings. The lowest BCUT2D eigenvalue weighted by Gasteiger charge is -2.27. The van der Waals surface area contributed by atoms with Crippen molar-refractivity contribution in [2.75, 3.05) is 0 Å². The topological polar surface area (TPSA) is 66.4 Å². The Labute approximate surface area is 110 Å². The number of carbonyl (C=O) groups excluding carboxylic acids is 1. The summed E-state index contributed by atoms with van der Waals surface area (Å²) in [5.74, 6) is -1.14. The standard InChI is InChI=1S/C13H17NO3S/c1-8-6-18-7-11(8)12(15)14-10-4-2-3-9(5-10)13(16)17/h6-7,9-10H,2-5H2,1H3,(H,14,15)(H,16,17). The molecule has 0 radical (unpaired) electrons. The second-order valence-corrected chi connectivity index (χ2v) is 5.58. The van der Waals surface area contributed by atoms with E-state index in [0.29, 0.717) is 12.0 Å². The van der Waals surface area contributed by atoms with Gasteiger partial charge in [-0.3, -0.25) is 9.59 Å². The van der Waals surface area contributed by atoms with Crippen LogP contribution >= 0.6 is 11.3 Å². The van der Waals surface area contributed by atoms with E-state index in [1.165, 1.54) is 11.3 Å². The first-order valence-corrected chi connectivity index (χ1v) is 7.08. The van der Waals surface area contributed by atoms with E-state index in [2.05, 4.69) is 5.32 Å². The molecule has 1 aromatic heterocycles. The minimum atomic E-state index is -0.749. The maximum atomic E-state index is 12.0. The molecule has 1 amide bonds. The van der Waals surface area contributed by atoms with Crippen molar-refractivity contribution in [2.24, 2.45) is 5.92 Å². The van der Waals surface area contributed by atoms with Gasteiger partial charge >= 0.3 is 5.97 Å². The zero-order valence-corrected chi connectivity index (χ0v) is 11.1. The van der Waals surface area contributed by atoms with Gasteiger partial charge in [-0.05, 0) is 37.1 Å². The monoisotopic (exact) mass is 267 g/mol. The van der Waals surface area contributed by atoms with E-state index >= 15 is 0 Å². The van der Waals surface area contributed by atoms with Gasteiger partial charge in [0.05, 0.1) is 11.5 Å². The molecule has 0 spiro atoms. The van der Waals surface area contributed by atoms with Crippen LogP contribution in [0.3, 0.4) is 0 Å². The molecule has 1 aliphatic carbocycles. The van der Waals surface area contributed by atoms with Crippen LogP contribution in [0.15, 0.2) is 10.8 Å². The quantitative estimate of drug-likeness (QED) is 0.884. The van der Waals surface area contributed by atoms with Crippen molar-refractivity contribution in [1.29, 1.82) is 0 Å². The van der Waals surface area contributed by atoms with Crippen LogP contribution in [0.1, 0.15) is 41.6 Å². The molecule has 4 nitrogen and oxygen atoms in total. The van der Waals surface area contributed by atoms with Crippen molar-refractivity contribution in [1.82, 2.24) is 5.32 Å². The number of carboxylic acid groups (broad SMARTS) is 1. The fraction of sp³-hybridized carbons (Fsp3) is 0.538. The highest BCUT2D eigenvalue weighted by Crippen LogP contribution is 2.25. The van der Waals surface area contributed by atoms with E-state index < -0.39 is 5.97 Å². The molecule has 2 rings (SSSR count). The molecule has 2 N–H and O–H groups in total. The summed E-state index contributed by atoms with van der Waals surface area (Å²) in [5.41, 5.74) is 1.68. The molecule has 0 aromatic carbocycles. The highest BCUT2D eigenvalue weighted by molar-refractivity contribution is 7.08. The van der Waals surface area contributed by atoms with Crippen molar-refractivity contribution in [2.45, 2.75) is 38.6 Å².